The van der Waals surface area contributed by atoms with Crippen LogP contribution in [0.15, 0.2) is 81.8 Å². The average molecular weight is 788 g/mol. The summed E-state index contributed by atoms with van der Waals surface area (Å²) in [5.74, 6) is -4.18. The molecule has 0 fully saturated rings. The fraction of sp³-hybridized carbons (Fsp3) is 0.0345. The zero-order chi connectivity index (χ0) is 35.0. The number of aromatic amines is 2. The molecule has 48 heavy (non-hydrogen) atoms. The fourth-order valence-corrected chi connectivity index (χ4v) is 7.17. The Morgan fingerprint density at radius 1 is 0.854 bits per heavy atom. The first-order chi connectivity index (χ1) is 22.6. The van der Waals surface area contributed by atoms with E-state index in [1.807, 2.05) is 9.44 Å². The lowest BCUT2D eigenvalue weighted by atomic mass is 10.2. The highest BCUT2D eigenvalue weighted by Crippen LogP contribution is 2.30. The predicted octanol–water partition coefficient (Wildman–Crippen LogP) is 7.35. The summed E-state index contributed by atoms with van der Waals surface area (Å²) in [6.07, 6.45) is 3.52. The molecule has 2 aromatic carbocycles. The number of sulfonamides is 2. The summed E-state index contributed by atoms with van der Waals surface area (Å²) in [7, 11) is -6.91. The summed E-state index contributed by atoms with van der Waals surface area (Å²) in [6.45, 7) is 3.32. The monoisotopic (exact) mass is 786 g/mol. The van der Waals surface area contributed by atoms with Crippen LogP contribution in [0.5, 0.6) is 5.88 Å². The van der Waals surface area contributed by atoms with E-state index in [0.29, 0.717) is 27.2 Å². The van der Waals surface area contributed by atoms with Crippen LogP contribution in [0.4, 0.5) is 29.1 Å². The summed E-state index contributed by atoms with van der Waals surface area (Å²) >= 11 is 8.67. The number of ether oxygens (including phenoxy) is 1. The van der Waals surface area contributed by atoms with E-state index in [1.54, 1.807) is 6.07 Å². The summed E-state index contributed by atoms with van der Waals surface area (Å²) in [5, 5.41) is 1.08. The molecule has 0 amide bonds. The van der Waals surface area contributed by atoms with E-state index in [9.17, 15) is 34.4 Å². The van der Waals surface area contributed by atoms with E-state index in [-0.39, 0.29) is 25.5 Å². The first kappa shape index (κ1) is 34.7. The molecule has 4 aromatic heterocycles. The van der Waals surface area contributed by atoms with Gasteiger partial charge >= 0.3 is 0 Å². The SMILES string of the molecule is C=Cc1cc(F)c(NS(=O)(=O)c2c[nH]c3cc(Cl)ccc23)nc1F.COc1ccc2c(S(=O)(=O)Nc3cc(F)c(Br)cc3F)c[nH]c2n1. The molecule has 6 aromatic rings. The second kappa shape index (κ2) is 13.5. The molecule has 19 heteroatoms. The van der Waals surface area contributed by atoms with Gasteiger partial charge < -0.3 is 14.7 Å². The van der Waals surface area contributed by atoms with E-state index in [0.717, 1.165) is 24.3 Å². The minimum atomic E-state index is -4.19. The highest BCUT2D eigenvalue weighted by molar-refractivity contribution is 9.10. The smallest absolute Gasteiger partial charge is 0.265 e. The molecule has 0 aliphatic carbocycles. The first-order valence-electron chi connectivity index (χ1n) is 13.1. The normalized spacial score (nSPS) is 11.6. The molecule has 0 saturated heterocycles. The standard InChI is InChI=1S/C15H10ClF2N3O2S.C14H10BrF2N3O3S/c1-2-8-5-11(17)15(20-14(8)18)21-24(22,23)13-7-19-12-6-9(16)3-4-10(12)13;1-23-13-3-2-7-12(6-18-14(7)19-13)24(21,22)20-11-5-9(16)8(15)4-10(11)17/h2-7,19H,1H2,(H,20,21);2-6,20H,1H3,(H,18,19). The van der Waals surface area contributed by atoms with Crippen molar-refractivity contribution in [3.05, 3.63) is 106 Å². The van der Waals surface area contributed by atoms with Crippen molar-refractivity contribution in [2.75, 3.05) is 16.6 Å². The lowest BCUT2D eigenvalue weighted by Gasteiger charge is -2.09. The Labute approximate surface area is 283 Å². The second-order valence-electron chi connectivity index (χ2n) is 9.61. The van der Waals surface area contributed by atoms with E-state index in [4.69, 9.17) is 16.3 Å². The lowest BCUT2D eigenvalue weighted by Crippen LogP contribution is -2.15. The van der Waals surface area contributed by atoms with Gasteiger partial charge in [0.1, 0.15) is 27.1 Å². The van der Waals surface area contributed by atoms with Gasteiger partial charge in [-0.1, -0.05) is 24.3 Å². The molecule has 250 valence electrons. The topological polar surface area (TPSA) is 159 Å². The van der Waals surface area contributed by atoms with Crippen LogP contribution in [-0.2, 0) is 20.0 Å². The molecular formula is C29H20BrClF4N6O5S2. The Morgan fingerprint density at radius 3 is 2.23 bits per heavy atom. The minimum absolute atomic E-state index is 0.105. The number of anilines is 2. The number of nitrogens with zero attached hydrogens (tertiary/aromatic N) is 2. The van der Waals surface area contributed by atoms with Gasteiger partial charge in [-0.25, -0.2) is 30.0 Å². The fourth-order valence-electron chi connectivity index (χ4n) is 4.27. The number of pyridine rings is 2. The maximum Gasteiger partial charge on any atom is 0.265 e. The van der Waals surface area contributed by atoms with Gasteiger partial charge in [-0.2, -0.15) is 14.4 Å². The van der Waals surface area contributed by atoms with Crippen LogP contribution < -0.4 is 14.2 Å². The lowest BCUT2D eigenvalue weighted by molar-refractivity contribution is 0.399. The van der Waals surface area contributed by atoms with Gasteiger partial charge in [-0.15, -0.1) is 0 Å². The van der Waals surface area contributed by atoms with Crippen LogP contribution in [0.3, 0.4) is 0 Å². The van der Waals surface area contributed by atoms with E-state index < -0.39 is 55.0 Å². The summed E-state index contributed by atoms with van der Waals surface area (Å²) < 4.78 is 114. The highest BCUT2D eigenvalue weighted by atomic mass is 79.9. The first-order valence-corrected chi connectivity index (χ1v) is 17.2. The number of methoxy groups -OCH3 is 1. The van der Waals surface area contributed by atoms with Crippen LogP contribution in [0.25, 0.3) is 28.0 Å². The summed E-state index contributed by atoms with van der Waals surface area (Å²) in [4.78, 5) is 12.6. The zero-order valence-corrected chi connectivity index (χ0v) is 28.1. The number of halogens is 6. The largest absolute Gasteiger partial charge is 0.481 e. The molecule has 11 nitrogen and oxygen atoms in total. The van der Waals surface area contributed by atoms with Crippen LogP contribution in [0.1, 0.15) is 5.56 Å². The van der Waals surface area contributed by atoms with E-state index in [1.165, 1.54) is 43.8 Å². The summed E-state index contributed by atoms with van der Waals surface area (Å²) in [5.41, 5.74) is 0.116. The molecule has 0 aliphatic heterocycles. The number of benzene rings is 2. The van der Waals surface area contributed by atoms with Gasteiger partial charge in [-0.3, -0.25) is 9.44 Å². The Bertz CT molecular complexity index is 2440. The average Bonchev–Trinajstić information content (AvgIpc) is 3.66. The zero-order valence-electron chi connectivity index (χ0n) is 24.1. The molecule has 4 heterocycles. The molecule has 4 N–H and O–H groups in total. The Kier molecular flexibility index (Phi) is 9.72. The van der Waals surface area contributed by atoms with Gasteiger partial charge in [0.05, 0.1) is 17.3 Å². The highest BCUT2D eigenvalue weighted by Gasteiger charge is 2.24. The number of fused-ring (bicyclic) bond motifs is 2. The van der Waals surface area contributed by atoms with Crippen molar-refractivity contribution in [2.45, 2.75) is 9.79 Å². The molecule has 0 radical (unpaired) electrons. The third kappa shape index (κ3) is 7.10. The van der Waals surface area contributed by atoms with Crippen LogP contribution in [-0.4, -0.2) is 43.9 Å². The molecule has 0 atom stereocenters. The molecule has 0 unspecified atom stereocenters. The Hall–Kier alpha value is -4.65. The van der Waals surface area contributed by atoms with Crippen LogP contribution in [0, 0.1) is 23.4 Å². The third-order valence-electron chi connectivity index (χ3n) is 6.53. The second-order valence-corrected chi connectivity index (χ2v) is 14.2. The number of nitrogens with one attached hydrogen (secondary N) is 4. The number of hydrogen-bond acceptors (Lipinski definition) is 7. The van der Waals surface area contributed by atoms with Gasteiger partial charge in [0, 0.05) is 51.4 Å². The third-order valence-corrected chi connectivity index (χ3v) is 10.2. The molecule has 0 bridgehead atoms. The maximum atomic E-state index is 13.9. The van der Waals surface area contributed by atoms with E-state index >= 15 is 0 Å². The van der Waals surface area contributed by atoms with Gasteiger partial charge in [0.15, 0.2) is 11.6 Å². The van der Waals surface area contributed by atoms with Crippen LogP contribution in [0.2, 0.25) is 5.02 Å². The number of H-pyrrole nitrogens is 2. The van der Waals surface area contributed by atoms with Crippen molar-refractivity contribution in [1.29, 1.82) is 0 Å². The van der Waals surface area contributed by atoms with Crippen molar-refractivity contribution in [3.8, 4) is 5.88 Å². The Morgan fingerprint density at radius 2 is 1.52 bits per heavy atom. The number of hydrogen-bond donors (Lipinski definition) is 4. The van der Waals surface area contributed by atoms with E-state index in [2.05, 4.69) is 42.4 Å². The van der Waals surface area contributed by atoms with Crippen molar-refractivity contribution < 1.29 is 39.1 Å². The van der Waals surface area contributed by atoms with Gasteiger partial charge in [0.25, 0.3) is 20.0 Å². The van der Waals surface area contributed by atoms with Crippen molar-refractivity contribution >= 4 is 87.1 Å². The predicted molar refractivity (Wildman–Crippen MR) is 176 cm³/mol. The number of aromatic nitrogens is 4. The molecular weight excluding hydrogens is 768 g/mol. The van der Waals surface area contributed by atoms with Gasteiger partial charge in [0.2, 0.25) is 11.8 Å². The quantitative estimate of drug-likeness (QED) is 0.0713. The molecule has 0 spiro atoms. The molecule has 6 rings (SSSR count). The number of rotatable bonds is 8. The Balaban J connectivity index is 0.000000188. The maximum absolute atomic E-state index is 13.9. The molecule has 0 aliphatic rings. The minimum Gasteiger partial charge on any atom is -0.481 e. The van der Waals surface area contributed by atoms with Crippen molar-refractivity contribution in [1.82, 2.24) is 19.9 Å². The molecule has 0 saturated carbocycles. The van der Waals surface area contributed by atoms with Gasteiger partial charge in [-0.05, 0) is 52.3 Å². The summed E-state index contributed by atoms with van der Waals surface area (Å²) in [6, 6.07) is 9.99. The van der Waals surface area contributed by atoms with Crippen molar-refractivity contribution in [3.63, 3.8) is 0 Å². The van der Waals surface area contributed by atoms with Crippen LogP contribution >= 0.6 is 27.5 Å². The van der Waals surface area contributed by atoms with Crippen molar-refractivity contribution in [2.24, 2.45) is 0 Å².